The molecule has 12 heteroatoms. The van der Waals surface area contributed by atoms with Gasteiger partial charge in [0.15, 0.2) is 12.6 Å². The van der Waals surface area contributed by atoms with E-state index in [1.54, 1.807) is 0 Å². The Morgan fingerprint density at radius 3 is 2.08 bits per heavy atom. The summed E-state index contributed by atoms with van der Waals surface area (Å²) in [5, 5.41) is 70.5. The number of hydrogen-bond acceptors (Lipinski definition) is 11. The standard InChI is InChI=1S/C14H25NO11/c1-4(18)15-7-9(20)8(19)5(2-16)25-14(7)26-12-6(3-17)24-13(23)11(22)10(12)21/h5-14,16-17,19-23H,2-3H2,1H3,(H,15,18)/t5-,6-,7-,8+,9-,10-,11-,12-,13?,14+/m1/s1. The second-order valence-electron chi connectivity index (χ2n) is 6.26. The van der Waals surface area contributed by atoms with Gasteiger partial charge in [-0.05, 0) is 0 Å². The molecule has 1 unspecified atom stereocenters. The number of ether oxygens (including phenoxy) is 3. The molecule has 0 spiro atoms. The van der Waals surface area contributed by atoms with Crippen molar-refractivity contribution in [2.24, 2.45) is 0 Å². The lowest BCUT2D eigenvalue weighted by Gasteiger charge is -2.46. The SMILES string of the molecule is CC(=O)N[C@H]1[C@H](O[C@H]2[C@H](O)[C@@H](O)C(O)O[C@@H]2CO)O[C@H](CO)[C@H](O)[C@@H]1O. The highest BCUT2D eigenvalue weighted by molar-refractivity contribution is 5.73. The maximum atomic E-state index is 11.4. The van der Waals surface area contributed by atoms with Crippen molar-refractivity contribution >= 4 is 5.91 Å². The summed E-state index contributed by atoms with van der Waals surface area (Å²) in [6, 6.07) is -1.28. The first kappa shape index (κ1) is 21.4. The zero-order valence-corrected chi connectivity index (χ0v) is 14.0. The fraction of sp³-hybridized carbons (Fsp3) is 0.929. The van der Waals surface area contributed by atoms with Crippen LogP contribution in [0.2, 0.25) is 0 Å². The molecule has 152 valence electrons. The first-order valence-electron chi connectivity index (χ1n) is 8.06. The minimum Gasteiger partial charge on any atom is -0.394 e. The van der Waals surface area contributed by atoms with Gasteiger partial charge in [0.05, 0.1) is 13.2 Å². The summed E-state index contributed by atoms with van der Waals surface area (Å²) in [5.74, 6) is -0.574. The molecule has 8 N–H and O–H groups in total. The lowest BCUT2D eigenvalue weighted by molar-refractivity contribution is -0.341. The van der Waals surface area contributed by atoms with E-state index >= 15 is 0 Å². The smallest absolute Gasteiger partial charge is 0.217 e. The molecule has 0 radical (unpaired) electrons. The number of carbonyl (C=O) groups excluding carboxylic acids is 1. The van der Waals surface area contributed by atoms with Gasteiger partial charge in [0.1, 0.15) is 48.8 Å². The number of nitrogens with one attached hydrogen (secondary N) is 1. The monoisotopic (exact) mass is 383 g/mol. The van der Waals surface area contributed by atoms with Crippen LogP contribution in [-0.4, -0.2) is 116 Å². The van der Waals surface area contributed by atoms with E-state index in [0.29, 0.717) is 0 Å². The van der Waals surface area contributed by atoms with Gasteiger partial charge in [-0.25, -0.2) is 0 Å². The zero-order valence-electron chi connectivity index (χ0n) is 14.0. The minimum absolute atomic E-state index is 0.574. The van der Waals surface area contributed by atoms with Crippen molar-refractivity contribution in [1.82, 2.24) is 5.32 Å². The van der Waals surface area contributed by atoms with Crippen molar-refractivity contribution in [3.05, 3.63) is 0 Å². The molecule has 2 rings (SSSR count). The van der Waals surface area contributed by atoms with Crippen LogP contribution < -0.4 is 5.32 Å². The molecule has 12 nitrogen and oxygen atoms in total. The molecule has 2 aliphatic heterocycles. The Labute approximate surface area is 148 Å². The maximum Gasteiger partial charge on any atom is 0.217 e. The van der Waals surface area contributed by atoms with Crippen LogP contribution in [0.1, 0.15) is 6.92 Å². The van der Waals surface area contributed by atoms with Crippen LogP contribution in [0, 0.1) is 0 Å². The molecule has 2 fully saturated rings. The van der Waals surface area contributed by atoms with Crippen molar-refractivity contribution < 1.29 is 54.8 Å². The minimum atomic E-state index is -1.75. The first-order chi connectivity index (χ1) is 12.2. The Morgan fingerprint density at radius 1 is 0.923 bits per heavy atom. The van der Waals surface area contributed by atoms with Gasteiger partial charge in [-0.3, -0.25) is 4.79 Å². The van der Waals surface area contributed by atoms with Crippen molar-refractivity contribution in [2.45, 2.75) is 68.3 Å². The number of amides is 1. The number of carbonyl (C=O) groups is 1. The molecule has 0 bridgehead atoms. The van der Waals surface area contributed by atoms with Crippen molar-refractivity contribution in [3.8, 4) is 0 Å². The zero-order chi connectivity index (χ0) is 19.6. The third-order valence-electron chi connectivity index (χ3n) is 4.38. The number of aliphatic hydroxyl groups excluding tert-OH is 7. The van der Waals surface area contributed by atoms with Crippen LogP contribution in [0.15, 0.2) is 0 Å². The Kier molecular flexibility index (Phi) is 7.27. The molecule has 2 aliphatic rings. The molecule has 2 heterocycles. The number of rotatable bonds is 5. The van der Waals surface area contributed by atoms with Crippen LogP contribution in [-0.2, 0) is 19.0 Å². The van der Waals surface area contributed by atoms with E-state index in [1.165, 1.54) is 0 Å². The molecule has 0 aromatic heterocycles. The van der Waals surface area contributed by atoms with E-state index in [1.807, 2.05) is 0 Å². The van der Waals surface area contributed by atoms with Crippen LogP contribution in [0.5, 0.6) is 0 Å². The molecular weight excluding hydrogens is 358 g/mol. The van der Waals surface area contributed by atoms with Gasteiger partial charge in [-0.15, -0.1) is 0 Å². The summed E-state index contributed by atoms with van der Waals surface area (Å²) < 4.78 is 15.8. The Balaban J connectivity index is 2.22. The predicted octanol–water partition coefficient (Wildman–Crippen LogP) is -5.25. The second-order valence-corrected chi connectivity index (χ2v) is 6.26. The van der Waals surface area contributed by atoms with Gasteiger partial charge in [-0.2, -0.15) is 0 Å². The topological polar surface area (TPSA) is 198 Å². The average Bonchev–Trinajstić information content (AvgIpc) is 2.60. The van der Waals surface area contributed by atoms with E-state index in [-0.39, 0.29) is 0 Å². The highest BCUT2D eigenvalue weighted by atomic mass is 16.7. The lowest BCUT2D eigenvalue weighted by atomic mass is 9.95. The van der Waals surface area contributed by atoms with Crippen LogP contribution >= 0.6 is 0 Å². The van der Waals surface area contributed by atoms with Crippen LogP contribution in [0.25, 0.3) is 0 Å². The Bertz CT molecular complexity index is 478. The largest absolute Gasteiger partial charge is 0.394 e. The average molecular weight is 383 g/mol. The van der Waals surface area contributed by atoms with Crippen LogP contribution in [0.4, 0.5) is 0 Å². The molecule has 0 aromatic rings. The summed E-state index contributed by atoms with van der Waals surface area (Å²) in [4.78, 5) is 11.4. The van der Waals surface area contributed by atoms with Crippen LogP contribution in [0.3, 0.4) is 0 Å². The summed E-state index contributed by atoms with van der Waals surface area (Å²) in [5.41, 5.74) is 0. The second kappa shape index (κ2) is 8.84. The highest BCUT2D eigenvalue weighted by Crippen LogP contribution is 2.28. The summed E-state index contributed by atoms with van der Waals surface area (Å²) in [7, 11) is 0. The van der Waals surface area contributed by atoms with Gasteiger partial charge in [-0.1, -0.05) is 0 Å². The third-order valence-corrected chi connectivity index (χ3v) is 4.38. The summed E-state index contributed by atoms with van der Waals surface area (Å²) >= 11 is 0. The molecule has 0 aromatic carbocycles. The lowest BCUT2D eigenvalue weighted by Crippen LogP contribution is -2.67. The third kappa shape index (κ3) is 4.31. The molecule has 26 heavy (non-hydrogen) atoms. The molecule has 2 saturated heterocycles. The maximum absolute atomic E-state index is 11.4. The normalized spacial score (nSPS) is 46.8. The molecule has 10 atom stereocenters. The molecule has 0 aliphatic carbocycles. The van der Waals surface area contributed by atoms with E-state index in [4.69, 9.17) is 14.2 Å². The Hall–Kier alpha value is -0.930. The molecular formula is C14H25NO11. The summed E-state index contributed by atoms with van der Waals surface area (Å²) in [6.45, 7) is -0.194. The Morgan fingerprint density at radius 2 is 1.54 bits per heavy atom. The van der Waals surface area contributed by atoms with Gasteiger partial charge in [0, 0.05) is 6.92 Å². The van der Waals surface area contributed by atoms with E-state index < -0.39 is 80.5 Å². The van der Waals surface area contributed by atoms with Gasteiger partial charge < -0.3 is 55.3 Å². The van der Waals surface area contributed by atoms with Gasteiger partial charge in [0.25, 0.3) is 0 Å². The first-order valence-corrected chi connectivity index (χ1v) is 8.06. The quantitative estimate of drug-likeness (QED) is 0.226. The van der Waals surface area contributed by atoms with Gasteiger partial charge in [0.2, 0.25) is 5.91 Å². The highest BCUT2D eigenvalue weighted by Gasteiger charge is 2.50. The van der Waals surface area contributed by atoms with E-state index in [0.717, 1.165) is 6.92 Å². The van der Waals surface area contributed by atoms with Crippen molar-refractivity contribution in [2.75, 3.05) is 13.2 Å². The fourth-order valence-corrected chi connectivity index (χ4v) is 2.98. The van der Waals surface area contributed by atoms with Gasteiger partial charge >= 0.3 is 0 Å². The van der Waals surface area contributed by atoms with Crippen molar-refractivity contribution in [1.29, 1.82) is 0 Å². The molecule has 1 amide bonds. The van der Waals surface area contributed by atoms with Crippen molar-refractivity contribution in [3.63, 3.8) is 0 Å². The molecule has 0 saturated carbocycles. The van der Waals surface area contributed by atoms with E-state index in [9.17, 15) is 40.5 Å². The number of hydrogen-bond donors (Lipinski definition) is 8. The van der Waals surface area contributed by atoms with E-state index in [2.05, 4.69) is 5.32 Å². The summed E-state index contributed by atoms with van der Waals surface area (Å²) in [6.07, 6.45) is -13.6. The fourth-order valence-electron chi connectivity index (χ4n) is 2.98. The number of aliphatic hydroxyl groups is 7. The predicted molar refractivity (Wildman–Crippen MR) is 80.2 cm³/mol.